The van der Waals surface area contributed by atoms with Crippen LogP contribution in [0.5, 0.6) is 0 Å². The molecule has 1 heterocycles. The van der Waals surface area contributed by atoms with Crippen molar-refractivity contribution in [2.45, 2.75) is 45.8 Å². The van der Waals surface area contributed by atoms with E-state index in [-0.39, 0.29) is 0 Å². The zero-order chi connectivity index (χ0) is 13.0. The van der Waals surface area contributed by atoms with Crippen LogP contribution in [0.4, 0.5) is 0 Å². The van der Waals surface area contributed by atoms with Crippen LogP contribution < -0.4 is 0 Å². The largest absolute Gasteiger partial charge is 0.373 e. The van der Waals surface area contributed by atoms with Crippen LogP contribution >= 0.6 is 0 Å². The fraction of sp³-hybridized carbons (Fsp3) is 0.625. The lowest BCUT2D eigenvalue weighted by atomic mass is 10.1. The number of nitrogens with zero attached hydrogens (tertiary/aromatic N) is 1. The Hall–Kier alpha value is -0.860. The maximum Gasteiger partial charge on any atom is 0.0678 e. The minimum Gasteiger partial charge on any atom is -0.373 e. The lowest BCUT2D eigenvalue weighted by Crippen LogP contribution is -2.45. The van der Waals surface area contributed by atoms with E-state index in [1.807, 2.05) is 0 Å². The van der Waals surface area contributed by atoms with E-state index in [1.54, 1.807) is 0 Å². The van der Waals surface area contributed by atoms with E-state index in [2.05, 4.69) is 49.9 Å². The number of benzene rings is 1. The number of aryl methyl sites for hydroxylation is 2. The zero-order valence-electron chi connectivity index (χ0n) is 11.9. The van der Waals surface area contributed by atoms with Gasteiger partial charge in [-0.2, -0.15) is 0 Å². The number of hydrogen-bond acceptors (Lipinski definition) is 2. The Morgan fingerprint density at radius 3 is 2.33 bits per heavy atom. The van der Waals surface area contributed by atoms with Crippen LogP contribution in [0.3, 0.4) is 0 Å². The Balaban J connectivity index is 1.73. The molecule has 0 N–H and O–H groups in total. The van der Waals surface area contributed by atoms with Gasteiger partial charge in [-0.25, -0.2) is 0 Å². The maximum atomic E-state index is 5.75. The van der Waals surface area contributed by atoms with Crippen molar-refractivity contribution in [3.63, 3.8) is 0 Å². The summed E-state index contributed by atoms with van der Waals surface area (Å²) in [6.07, 6.45) is 3.18. The van der Waals surface area contributed by atoms with Gasteiger partial charge < -0.3 is 4.74 Å². The van der Waals surface area contributed by atoms with E-state index in [9.17, 15) is 0 Å². The summed E-state index contributed by atoms with van der Waals surface area (Å²) < 4.78 is 5.75. The summed E-state index contributed by atoms with van der Waals surface area (Å²) in [6.45, 7) is 9.83. The van der Waals surface area contributed by atoms with Crippen LogP contribution in [-0.4, -0.2) is 36.7 Å². The van der Waals surface area contributed by atoms with Crippen LogP contribution in [-0.2, 0) is 11.2 Å². The standard InChI is InChI=1S/C16H25NO/c1-13-6-8-16(9-7-13)5-4-10-17-11-14(2)18-15(3)12-17/h6-9,14-15H,4-5,10-12H2,1-3H3. The molecule has 1 saturated heterocycles. The van der Waals surface area contributed by atoms with Gasteiger partial charge in [0.05, 0.1) is 12.2 Å². The number of hydrogen-bond donors (Lipinski definition) is 0. The number of morpholine rings is 1. The first-order valence-corrected chi connectivity index (χ1v) is 7.07. The SMILES string of the molecule is Cc1ccc(CCCN2CC(C)OC(C)C2)cc1. The molecule has 0 saturated carbocycles. The van der Waals surface area contributed by atoms with Gasteiger partial charge in [0.1, 0.15) is 0 Å². The van der Waals surface area contributed by atoms with Crippen LogP contribution in [0.2, 0.25) is 0 Å². The molecule has 0 bridgehead atoms. The molecule has 0 aliphatic carbocycles. The lowest BCUT2D eigenvalue weighted by Gasteiger charge is -2.35. The molecule has 1 aliphatic heterocycles. The first-order chi connectivity index (χ1) is 8.63. The second-order valence-corrected chi connectivity index (χ2v) is 5.61. The summed E-state index contributed by atoms with van der Waals surface area (Å²) in [7, 11) is 0. The second kappa shape index (κ2) is 6.35. The van der Waals surface area contributed by atoms with E-state index >= 15 is 0 Å². The minimum atomic E-state index is 0.383. The Labute approximate surface area is 111 Å². The fourth-order valence-corrected chi connectivity index (χ4v) is 2.73. The van der Waals surface area contributed by atoms with E-state index in [0.29, 0.717) is 12.2 Å². The highest BCUT2D eigenvalue weighted by atomic mass is 16.5. The van der Waals surface area contributed by atoms with Gasteiger partial charge in [-0.1, -0.05) is 29.8 Å². The second-order valence-electron chi connectivity index (χ2n) is 5.61. The highest BCUT2D eigenvalue weighted by Crippen LogP contribution is 2.12. The van der Waals surface area contributed by atoms with Gasteiger partial charge in [0.25, 0.3) is 0 Å². The molecule has 2 heteroatoms. The lowest BCUT2D eigenvalue weighted by molar-refractivity contribution is -0.0680. The van der Waals surface area contributed by atoms with Gasteiger partial charge in [0.15, 0.2) is 0 Å². The molecule has 0 amide bonds. The third kappa shape index (κ3) is 4.11. The molecular formula is C16H25NO. The van der Waals surface area contributed by atoms with E-state index in [0.717, 1.165) is 13.1 Å². The quantitative estimate of drug-likeness (QED) is 0.811. The van der Waals surface area contributed by atoms with Crippen molar-refractivity contribution in [3.8, 4) is 0 Å². The highest BCUT2D eigenvalue weighted by molar-refractivity contribution is 5.21. The van der Waals surface area contributed by atoms with Crippen molar-refractivity contribution >= 4 is 0 Å². The van der Waals surface area contributed by atoms with E-state index in [1.165, 1.54) is 30.5 Å². The molecule has 1 fully saturated rings. The van der Waals surface area contributed by atoms with Crippen LogP contribution in [0, 0.1) is 6.92 Å². The van der Waals surface area contributed by atoms with Crippen molar-refractivity contribution < 1.29 is 4.74 Å². The topological polar surface area (TPSA) is 12.5 Å². The van der Waals surface area contributed by atoms with Crippen molar-refractivity contribution in [3.05, 3.63) is 35.4 Å². The van der Waals surface area contributed by atoms with Gasteiger partial charge >= 0.3 is 0 Å². The third-order valence-electron chi connectivity index (χ3n) is 3.56. The molecule has 2 nitrogen and oxygen atoms in total. The summed E-state index contributed by atoms with van der Waals surface area (Å²) in [5.74, 6) is 0. The maximum absolute atomic E-state index is 5.75. The summed E-state index contributed by atoms with van der Waals surface area (Å²) >= 11 is 0. The minimum absolute atomic E-state index is 0.383. The van der Waals surface area contributed by atoms with Crippen molar-refractivity contribution in [1.29, 1.82) is 0 Å². The molecule has 1 aromatic carbocycles. The van der Waals surface area contributed by atoms with Gasteiger partial charge in [0.2, 0.25) is 0 Å². The van der Waals surface area contributed by atoms with E-state index in [4.69, 9.17) is 4.74 Å². The summed E-state index contributed by atoms with van der Waals surface area (Å²) in [6, 6.07) is 8.90. The molecule has 1 aromatic rings. The molecule has 0 spiro atoms. The van der Waals surface area contributed by atoms with Crippen molar-refractivity contribution in [2.24, 2.45) is 0 Å². The highest BCUT2D eigenvalue weighted by Gasteiger charge is 2.21. The zero-order valence-corrected chi connectivity index (χ0v) is 11.9. The monoisotopic (exact) mass is 247 g/mol. The molecule has 2 atom stereocenters. The Morgan fingerprint density at radius 2 is 1.72 bits per heavy atom. The van der Waals surface area contributed by atoms with Crippen LogP contribution in [0.25, 0.3) is 0 Å². The van der Waals surface area contributed by atoms with Crippen LogP contribution in [0.15, 0.2) is 24.3 Å². The average molecular weight is 247 g/mol. The summed E-state index contributed by atoms with van der Waals surface area (Å²) in [4.78, 5) is 2.53. The van der Waals surface area contributed by atoms with E-state index < -0.39 is 0 Å². The Morgan fingerprint density at radius 1 is 1.11 bits per heavy atom. The molecular weight excluding hydrogens is 222 g/mol. The normalized spacial score (nSPS) is 25.3. The van der Waals surface area contributed by atoms with Crippen molar-refractivity contribution in [1.82, 2.24) is 4.90 Å². The number of ether oxygens (including phenoxy) is 1. The molecule has 18 heavy (non-hydrogen) atoms. The van der Waals surface area contributed by atoms with Gasteiger partial charge in [-0.3, -0.25) is 4.90 Å². The summed E-state index contributed by atoms with van der Waals surface area (Å²) in [5, 5.41) is 0. The molecule has 2 unspecified atom stereocenters. The fourth-order valence-electron chi connectivity index (χ4n) is 2.73. The number of rotatable bonds is 4. The Kier molecular flexibility index (Phi) is 4.79. The summed E-state index contributed by atoms with van der Waals surface area (Å²) in [5.41, 5.74) is 2.80. The average Bonchev–Trinajstić information content (AvgIpc) is 2.30. The molecule has 0 aromatic heterocycles. The molecule has 2 rings (SSSR count). The third-order valence-corrected chi connectivity index (χ3v) is 3.56. The molecule has 0 radical (unpaired) electrons. The predicted molar refractivity (Wildman–Crippen MR) is 75.9 cm³/mol. The first kappa shape index (κ1) is 13.6. The van der Waals surface area contributed by atoms with Crippen molar-refractivity contribution in [2.75, 3.05) is 19.6 Å². The van der Waals surface area contributed by atoms with Crippen LogP contribution in [0.1, 0.15) is 31.4 Å². The van der Waals surface area contributed by atoms with Gasteiger partial charge in [-0.05, 0) is 45.7 Å². The smallest absolute Gasteiger partial charge is 0.0678 e. The predicted octanol–water partition coefficient (Wildman–Crippen LogP) is 3.04. The molecule has 100 valence electrons. The first-order valence-electron chi connectivity index (χ1n) is 7.07. The molecule has 1 aliphatic rings. The Bertz CT molecular complexity index is 350. The van der Waals surface area contributed by atoms with Gasteiger partial charge in [0, 0.05) is 13.1 Å². The van der Waals surface area contributed by atoms with Gasteiger partial charge in [-0.15, -0.1) is 0 Å².